The van der Waals surface area contributed by atoms with E-state index in [4.69, 9.17) is 10.5 Å². The zero-order valence-electron chi connectivity index (χ0n) is 12.8. The summed E-state index contributed by atoms with van der Waals surface area (Å²) in [5.41, 5.74) is 8.78. The smallest absolute Gasteiger partial charge is 0.130 e. The van der Waals surface area contributed by atoms with Gasteiger partial charge in [-0.05, 0) is 67.8 Å². The summed E-state index contributed by atoms with van der Waals surface area (Å²) < 4.78 is 6.09. The molecule has 0 radical (unpaired) electrons. The van der Waals surface area contributed by atoms with Gasteiger partial charge in [0.1, 0.15) is 11.5 Å². The maximum absolute atomic E-state index is 6.09. The van der Waals surface area contributed by atoms with Crippen LogP contribution < -0.4 is 10.5 Å². The van der Waals surface area contributed by atoms with Gasteiger partial charge >= 0.3 is 0 Å². The van der Waals surface area contributed by atoms with Crippen LogP contribution in [0.2, 0.25) is 0 Å². The molecule has 2 heteroatoms. The van der Waals surface area contributed by atoms with Gasteiger partial charge in [-0.15, -0.1) is 0 Å². The normalized spacial score (nSPS) is 11.4. The van der Waals surface area contributed by atoms with Gasteiger partial charge in [-0.1, -0.05) is 25.5 Å². The van der Waals surface area contributed by atoms with Gasteiger partial charge in [0.05, 0.1) is 0 Å². The van der Waals surface area contributed by atoms with Crippen LogP contribution in [0.25, 0.3) is 5.76 Å². The van der Waals surface area contributed by atoms with Crippen LogP contribution >= 0.6 is 0 Å². The molecule has 2 N–H and O–H groups in total. The Morgan fingerprint density at radius 3 is 2.57 bits per heavy atom. The maximum Gasteiger partial charge on any atom is 0.130 e. The van der Waals surface area contributed by atoms with Crippen LogP contribution in [-0.2, 0) is 0 Å². The molecule has 0 aromatic heterocycles. The molecule has 21 heavy (non-hydrogen) atoms. The first-order valence-corrected chi connectivity index (χ1v) is 7.49. The highest BCUT2D eigenvalue weighted by atomic mass is 16.5. The fourth-order valence-corrected chi connectivity index (χ4v) is 2.11. The van der Waals surface area contributed by atoms with Crippen molar-refractivity contribution in [3.05, 3.63) is 65.7 Å². The minimum atomic E-state index is 0.766. The molecule has 0 unspecified atom stereocenters. The first-order valence-electron chi connectivity index (χ1n) is 7.49. The Morgan fingerprint density at radius 2 is 1.90 bits per heavy atom. The van der Waals surface area contributed by atoms with Crippen LogP contribution in [0.4, 0.5) is 5.69 Å². The van der Waals surface area contributed by atoms with Crippen LogP contribution in [-0.4, -0.2) is 0 Å². The number of anilines is 1. The highest BCUT2D eigenvalue weighted by Gasteiger charge is 2.05. The molecular weight excluding hydrogens is 258 g/mol. The molecule has 0 spiro atoms. The van der Waals surface area contributed by atoms with Crippen molar-refractivity contribution >= 4 is 11.4 Å². The third-order valence-electron chi connectivity index (χ3n) is 3.30. The van der Waals surface area contributed by atoms with E-state index >= 15 is 0 Å². The molecule has 2 aromatic rings. The summed E-state index contributed by atoms with van der Waals surface area (Å²) in [7, 11) is 0. The number of allylic oxidation sites excluding steroid dienone is 1. The molecule has 0 atom stereocenters. The lowest BCUT2D eigenvalue weighted by atomic mass is 10.1. The highest BCUT2D eigenvalue weighted by molar-refractivity contribution is 5.63. The van der Waals surface area contributed by atoms with Crippen LogP contribution in [0, 0.1) is 6.92 Å². The number of hydrogen-bond acceptors (Lipinski definition) is 2. The van der Waals surface area contributed by atoms with Crippen molar-refractivity contribution in [3.8, 4) is 5.75 Å². The number of unbranched alkanes of at least 4 members (excludes halogenated alkanes) is 2. The predicted octanol–water partition coefficient (Wildman–Crippen LogP) is 5.19. The highest BCUT2D eigenvalue weighted by Crippen LogP contribution is 2.23. The Morgan fingerprint density at radius 1 is 1.14 bits per heavy atom. The van der Waals surface area contributed by atoms with Crippen molar-refractivity contribution in [2.45, 2.75) is 33.1 Å². The lowest BCUT2D eigenvalue weighted by molar-refractivity contribution is 0.511. The molecular formula is C19H23NO. The largest absolute Gasteiger partial charge is 0.457 e. The van der Waals surface area contributed by atoms with E-state index in [0.29, 0.717) is 0 Å². The molecule has 0 saturated heterocycles. The van der Waals surface area contributed by atoms with Gasteiger partial charge in [-0.25, -0.2) is 0 Å². The Kier molecular flexibility index (Phi) is 5.44. The number of nitrogen functional groups attached to an aromatic ring is 1. The van der Waals surface area contributed by atoms with Crippen molar-refractivity contribution in [2.75, 3.05) is 5.73 Å². The van der Waals surface area contributed by atoms with Crippen molar-refractivity contribution in [1.29, 1.82) is 0 Å². The van der Waals surface area contributed by atoms with Crippen molar-refractivity contribution in [3.63, 3.8) is 0 Å². The summed E-state index contributed by atoms with van der Waals surface area (Å²) in [5, 5.41) is 0. The van der Waals surface area contributed by atoms with Gasteiger partial charge in [-0.3, -0.25) is 0 Å². The SMILES string of the molecule is CCCC/C=C(\Oc1cccc(C)c1)c1ccc(N)cc1. The Hall–Kier alpha value is -2.22. The average molecular weight is 281 g/mol. The van der Waals surface area contributed by atoms with E-state index in [1.54, 1.807) is 0 Å². The molecule has 2 rings (SSSR count). The monoisotopic (exact) mass is 281 g/mol. The maximum atomic E-state index is 6.09. The van der Waals surface area contributed by atoms with Gasteiger partial charge in [-0.2, -0.15) is 0 Å². The van der Waals surface area contributed by atoms with Crippen LogP contribution in [0.3, 0.4) is 0 Å². The van der Waals surface area contributed by atoms with Crippen LogP contribution in [0.1, 0.15) is 37.3 Å². The molecule has 0 amide bonds. The molecule has 0 saturated carbocycles. The molecule has 0 aliphatic heterocycles. The van der Waals surface area contributed by atoms with Gasteiger partial charge in [0.25, 0.3) is 0 Å². The second kappa shape index (κ2) is 7.53. The summed E-state index contributed by atoms with van der Waals surface area (Å²) in [6, 6.07) is 15.9. The Balaban J connectivity index is 2.23. The first-order chi connectivity index (χ1) is 10.2. The fourth-order valence-electron chi connectivity index (χ4n) is 2.11. The van der Waals surface area contributed by atoms with E-state index in [1.807, 2.05) is 42.5 Å². The van der Waals surface area contributed by atoms with Crippen LogP contribution in [0.5, 0.6) is 5.75 Å². The predicted molar refractivity (Wildman–Crippen MR) is 90.2 cm³/mol. The zero-order valence-corrected chi connectivity index (χ0v) is 12.8. The first kappa shape index (κ1) is 15.2. The van der Waals surface area contributed by atoms with Crippen molar-refractivity contribution < 1.29 is 4.74 Å². The van der Waals surface area contributed by atoms with E-state index in [0.717, 1.165) is 35.6 Å². The third-order valence-corrected chi connectivity index (χ3v) is 3.30. The van der Waals surface area contributed by atoms with Crippen molar-refractivity contribution in [1.82, 2.24) is 0 Å². The minimum absolute atomic E-state index is 0.766. The van der Waals surface area contributed by atoms with Gasteiger partial charge in [0.2, 0.25) is 0 Å². The summed E-state index contributed by atoms with van der Waals surface area (Å²) in [5.74, 6) is 1.77. The quantitative estimate of drug-likeness (QED) is 0.449. The molecule has 0 heterocycles. The second-order valence-corrected chi connectivity index (χ2v) is 5.25. The molecule has 0 bridgehead atoms. The number of benzene rings is 2. The lowest BCUT2D eigenvalue weighted by Gasteiger charge is -2.11. The van der Waals surface area contributed by atoms with E-state index in [1.165, 1.54) is 12.0 Å². The van der Waals surface area contributed by atoms with Gasteiger partial charge < -0.3 is 10.5 Å². The van der Waals surface area contributed by atoms with Crippen molar-refractivity contribution in [2.24, 2.45) is 0 Å². The number of aryl methyl sites for hydroxylation is 1. The van der Waals surface area contributed by atoms with E-state index < -0.39 is 0 Å². The standard InChI is InChI=1S/C19H23NO/c1-3-4-5-9-19(16-10-12-17(20)13-11-16)21-18-8-6-7-15(2)14-18/h6-14H,3-5,20H2,1-2H3/b19-9-. The fraction of sp³-hybridized carbons (Fsp3) is 0.263. The van der Waals surface area contributed by atoms with E-state index in [-0.39, 0.29) is 0 Å². The number of ether oxygens (including phenoxy) is 1. The third kappa shape index (κ3) is 4.67. The molecule has 2 aromatic carbocycles. The number of rotatable bonds is 6. The summed E-state index contributed by atoms with van der Waals surface area (Å²) in [4.78, 5) is 0. The topological polar surface area (TPSA) is 35.2 Å². The summed E-state index contributed by atoms with van der Waals surface area (Å²) in [6.07, 6.45) is 5.52. The average Bonchev–Trinajstić information content (AvgIpc) is 2.47. The van der Waals surface area contributed by atoms with Gasteiger partial charge in [0, 0.05) is 11.3 Å². The molecule has 0 aliphatic rings. The van der Waals surface area contributed by atoms with E-state index in [9.17, 15) is 0 Å². The minimum Gasteiger partial charge on any atom is -0.457 e. The molecule has 0 fully saturated rings. The Labute approximate surface area is 127 Å². The van der Waals surface area contributed by atoms with Gasteiger partial charge in [0.15, 0.2) is 0 Å². The molecule has 0 aliphatic carbocycles. The summed E-state index contributed by atoms with van der Waals surface area (Å²) in [6.45, 7) is 4.26. The lowest BCUT2D eigenvalue weighted by Crippen LogP contribution is -1.96. The number of nitrogens with two attached hydrogens (primary N) is 1. The Bertz CT molecular complexity index is 599. The summed E-state index contributed by atoms with van der Waals surface area (Å²) >= 11 is 0. The molecule has 2 nitrogen and oxygen atoms in total. The zero-order chi connectivity index (χ0) is 15.1. The molecule has 110 valence electrons. The second-order valence-electron chi connectivity index (χ2n) is 5.25. The van der Waals surface area contributed by atoms with E-state index in [2.05, 4.69) is 26.0 Å². The van der Waals surface area contributed by atoms with Crippen LogP contribution in [0.15, 0.2) is 54.6 Å². The number of hydrogen-bond donors (Lipinski definition) is 1.